The zero-order valence-corrected chi connectivity index (χ0v) is 9.19. The fourth-order valence-corrected chi connectivity index (χ4v) is 1.38. The van der Waals surface area contributed by atoms with Crippen LogP contribution in [0.5, 0.6) is 0 Å². The van der Waals surface area contributed by atoms with Crippen molar-refractivity contribution >= 4 is 11.6 Å². The summed E-state index contributed by atoms with van der Waals surface area (Å²) in [6, 6.07) is 4.17. The van der Waals surface area contributed by atoms with Gasteiger partial charge in [0.05, 0.1) is 16.5 Å². The molecular formula is C10H9F3N2O3. The Morgan fingerprint density at radius 3 is 2.44 bits per heavy atom. The summed E-state index contributed by atoms with van der Waals surface area (Å²) in [5, 5.41) is 12.3. The number of carbonyl (C=O) groups is 1. The first-order valence-electron chi connectivity index (χ1n) is 4.84. The molecule has 0 aliphatic rings. The van der Waals surface area contributed by atoms with Crippen LogP contribution in [-0.2, 0) is 4.79 Å². The van der Waals surface area contributed by atoms with Crippen molar-refractivity contribution in [1.29, 1.82) is 0 Å². The van der Waals surface area contributed by atoms with Gasteiger partial charge in [-0.25, -0.2) is 0 Å². The van der Waals surface area contributed by atoms with E-state index >= 15 is 0 Å². The van der Waals surface area contributed by atoms with Crippen LogP contribution in [0.15, 0.2) is 24.3 Å². The fraction of sp³-hybridized carbons (Fsp3) is 0.300. The summed E-state index contributed by atoms with van der Waals surface area (Å²) in [5.74, 6) is -2.13. The molecule has 0 saturated carbocycles. The van der Waals surface area contributed by atoms with Gasteiger partial charge in [0, 0.05) is 6.07 Å². The quantitative estimate of drug-likeness (QED) is 0.671. The Hall–Kier alpha value is -2.12. The molecule has 8 heteroatoms. The summed E-state index contributed by atoms with van der Waals surface area (Å²) in [7, 11) is 0. The molecule has 0 aliphatic heterocycles. The molecule has 18 heavy (non-hydrogen) atoms. The first-order valence-corrected chi connectivity index (χ1v) is 4.84. The van der Waals surface area contributed by atoms with E-state index in [1.165, 1.54) is 25.1 Å². The zero-order chi connectivity index (χ0) is 13.9. The number of benzene rings is 1. The van der Waals surface area contributed by atoms with Crippen LogP contribution < -0.4 is 5.32 Å². The Balaban J connectivity index is 2.95. The average Bonchev–Trinajstić information content (AvgIpc) is 2.27. The number of hydrogen-bond donors (Lipinski definition) is 1. The van der Waals surface area contributed by atoms with Crippen molar-refractivity contribution in [1.82, 2.24) is 5.32 Å². The number of nitro benzene ring substituents is 1. The summed E-state index contributed by atoms with van der Waals surface area (Å²) in [6.07, 6.45) is -5.02. The maximum absolute atomic E-state index is 12.0. The molecule has 98 valence electrons. The van der Waals surface area contributed by atoms with E-state index in [4.69, 9.17) is 0 Å². The zero-order valence-electron chi connectivity index (χ0n) is 9.19. The molecule has 1 amide bonds. The van der Waals surface area contributed by atoms with Crippen LogP contribution in [-0.4, -0.2) is 17.0 Å². The fourth-order valence-electron chi connectivity index (χ4n) is 1.38. The van der Waals surface area contributed by atoms with E-state index in [1.807, 2.05) is 0 Å². The summed E-state index contributed by atoms with van der Waals surface area (Å²) in [6.45, 7) is 1.24. The number of halogens is 3. The van der Waals surface area contributed by atoms with Crippen LogP contribution in [0.3, 0.4) is 0 Å². The standard InChI is InChI=1S/C10H9F3N2O3/c1-6(14-9(16)10(11,12)13)7-4-2-3-5-8(7)15(17)18/h2-6H,1H3,(H,14,16). The number of nitrogens with one attached hydrogen (secondary N) is 1. The molecule has 0 saturated heterocycles. The topological polar surface area (TPSA) is 72.2 Å². The first-order chi connectivity index (χ1) is 8.23. The lowest BCUT2D eigenvalue weighted by Gasteiger charge is -2.15. The second-order valence-corrected chi connectivity index (χ2v) is 3.51. The van der Waals surface area contributed by atoms with Crippen molar-refractivity contribution in [3.05, 3.63) is 39.9 Å². The molecule has 0 fully saturated rings. The van der Waals surface area contributed by atoms with Gasteiger partial charge in [0.1, 0.15) is 0 Å². The van der Waals surface area contributed by atoms with Crippen molar-refractivity contribution in [3.63, 3.8) is 0 Å². The third-order valence-electron chi connectivity index (χ3n) is 2.21. The number of alkyl halides is 3. The Morgan fingerprint density at radius 1 is 1.39 bits per heavy atom. The first kappa shape index (κ1) is 13.9. The Kier molecular flexibility index (Phi) is 3.89. The number of para-hydroxylation sites is 1. The van der Waals surface area contributed by atoms with Gasteiger partial charge in [-0.2, -0.15) is 13.2 Å². The molecule has 0 aromatic heterocycles. The van der Waals surface area contributed by atoms with Gasteiger partial charge in [-0.05, 0) is 6.92 Å². The number of hydrogen-bond acceptors (Lipinski definition) is 3. The Labute approximate surface area is 99.8 Å². The average molecular weight is 262 g/mol. The van der Waals surface area contributed by atoms with Gasteiger partial charge in [0.2, 0.25) is 0 Å². The summed E-state index contributed by atoms with van der Waals surface area (Å²) >= 11 is 0. The molecule has 0 radical (unpaired) electrons. The number of nitrogens with zero attached hydrogens (tertiary/aromatic N) is 1. The Bertz CT molecular complexity index is 474. The van der Waals surface area contributed by atoms with Crippen LogP contribution >= 0.6 is 0 Å². The molecule has 1 aromatic carbocycles. The third-order valence-corrected chi connectivity index (χ3v) is 2.21. The highest BCUT2D eigenvalue weighted by Gasteiger charge is 2.39. The molecule has 0 spiro atoms. The summed E-state index contributed by atoms with van der Waals surface area (Å²) in [4.78, 5) is 20.7. The molecule has 1 aromatic rings. The second kappa shape index (κ2) is 5.03. The maximum Gasteiger partial charge on any atom is 0.471 e. The van der Waals surface area contributed by atoms with Crippen molar-refractivity contribution in [2.75, 3.05) is 0 Å². The lowest BCUT2D eigenvalue weighted by atomic mass is 10.1. The van der Waals surface area contributed by atoms with Crippen molar-refractivity contribution in [3.8, 4) is 0 Å². The molecule has 1 unspecified atom stereocenters. The van der Waals surface area contributed by atoms with Gasteiger partial charge in [-0.15, -0.1) is 0 Å². The van der Waals surface area contributed by atoms with E-state index in [9.17, 15) is 28.1 Å². The van der Waals surface area contributed by atoms with Crippen LogP contribution in [0.2, 0.25) is 0 Å². The molecule has 0 heterocycles. The minimum absolute atomic E-state index is 0.0140. The lowest BCUT2D eigenvalue weighted by molar-refractivity contribution is -0.385. The van der Waals surface area contributed by atoms with E-state index in [0.29, 0.717) is 0 Å². The van der Waals surface area contributed by atoms with E-state index in [1.54, 1.807) is 5.32 Å². The molecule has 0 bridgehead atoms. The SMILES string of the molecule is CC(NC(=O)C(F)(F)F)c1ccccc1[N+](=O)[O-]. The van der Waals surface area contributed by atoms with Gasteiger partial charge in [0.15, 0.2) is 0 Å². The second-order valence-electron chi connectivity index (χ2n) is 3.51. The number of nitro groups is 1. The number of amides is 1. The third kappa shape index (κ3) is 3.19. The number of carbonyl (C=O) groups excluding carboxylic acids is 1. The highest BCUT2D eigenvalue weighted by Crippen LogP contribution is 2.25. The Morgan fingerprint density at radius 2 is 1.94 bits per heavy atom. The van der Waals surface area contributed by atoms with E-state index < -0.39 is 23.0 Å². The molecule has 0 aliphatic carbocycles. The summed E-state index contributed by atoms with van der Waals surface area (Å²) < 4.78 is 36.1. The van der Waals surface area contributed by atoms with Crippen molar-refractivity contribution < 1.29 is 22.9 Å². The molecule has 5 nitrogen and oxygen atoms in total. The smallest absolute Gasteiger partial charge is 0.341 e. The molecular weight excluding hydrogens is 253 g/mol. The van der Waals surface area contributed by atoms with Gasteiger partial charge in [-0.3, -0.25) is 14.9 Å². The van der Waals surface area contributed by atoms with Crippen LogP contribution in [0.25, 0.3) is 0 Å². The van der Waals surface area contributed by atoms with E-state index in [-0.39, 0.29) is 11.3 Å². The summed E-state index contributed by atoms with van der Waals surface area (Å²) in [5.41, 5.74) is -0.326. The lowest BCUT2D eigenvalue weighted by Crippen LogP contribution is -2.38. The predicted octanol–water partition coefficient (Wildman–Crippen LogP) is 2.33. The monoisotopic (exact) mass is 262 g/mol. The van der Waals surface area contributed by atoms with Crippen molar-refractivity contribution in [2.24, 2.45) is 0 Å². The van der Waals surface area contributed by atoms with Crippen LogP contribution in [0.1, 0.15) is 18.5 Å². The highest BCUT2D eigenvalue weighted by molar-refractivity contribution is 5.82. The highest BCUT2D eigenvalue weighted by atomic mass is 19.4. The molecule has 1 rings (SSSR count). The van der Waals surface area contributed by atoms with Crippen LogP contribution in [0.4, 0.5) is 18.9 Å². The minimum atomic E-state index is -5.02. The normalized spacial score (nSPS) is 12.9. The van der Waals surface area contributed by atoms with Gasteiger partial charge in [-0.1, -0.05) is 18.2 Å². The van der Waals surface area contributed by atoms with Gasteiger partial charge < -0.3 is 5.32 Å². The van der Waals surface area contributed by atoms with E-state index in [0.717, 1.165) is 6.07 Å². The molecule has 1 N–H and O–H groups in total. The number of rotatable bonds is 3. The van der Waals surface area contributed by atoms with Gasteiger partial charge >= 0.3 is 12.1 Å². The minimum Gasteiger partial charge on any atom is -0.341 e. The van der Waals surface area contributed by atoms with Gasteiger partial charge in [0.25, 0.3) is 5.69 Å². The van der Waals surface area contributed by atoms with Crippen LogP contribution in [0, 0.1) is 10.1 Å². The predicted molar refractivity (Wildman–Crippen MR) is 55.7 cm³/mol. The largest absolute Gasteiger partial charge is 0.471 e. The molecule has 1 atom stereocenters. The van der Waals surface area contributed by atoms with E-state index in [2.05, 4.69) is 0 Å². The maximum atomic E-state index is 12.0. The van der Waals surface area contributed by atoms with Crippen molar-refractivity contribution in [2.45, 2.75) is 19.1 Å².